The molecule has 0 N–H and O–H groups in total. The summed E-state index contributed by atoms with van der Waals surface area (Å²) in [6, 6.07) is 10.8. The molecule has 3 rings (SSSR count). The lowest BCUT2D eigenvalue weighted by Crippen LogP contribution is -2.46. The first-order valence-electron chi connectivity index (χ1n) is 12.5. The van der Waals surface area contributed by atoms with Crippen molar-refractivity contribution in [2.45, 2.75) is 81.7 Å². The number of esters is 1. The van der Waals surface area contributed by atoms with E-state index in [1.165, 1.54) is 23.9 Å². The quantitative estimate of drug-likeness (QED) is 0.0838. The van der Waals surface area contributed by atoms with Gasteiger partial charge in [0, 0.05) is 21.9 Å². The zero-order valence-corrected chi connectivity index (χ0v) is 23.1. The SMILES string of the molecule is C=CC(=O)OC(C)(C)C(C)(C)Sc1ccc2cc(-c3ccc(CCCCC)cc3C(F)(F)F)c(=O)oc2c1. The summed E-state index contributed by atoms with van der Waals surface area (Å²) in [5, 5.41) is 0.499. The highest BCUT2D eigenvalue weighted by Gasteiger charge is 2.41. The standard InChI is InChI=1S/C30H33F3O4S/c1-7-9-10-11-19-12-15-22(24(16-19)30(31,32)33)23-17-20-13-14-21(18-25(20)36-27(23)35)38-29(5,6)28(3,4)37-26(34)8-2/h8,12-18H,2,7,9-11H2,1,3-6H3. The summed E-state index contributed by atoms with van der Waals surface area (Å²) >= 11 is 1.42. The lowest BCUT2D eigenvalue weighted by atomic mass is 9.93. The van der Waals surface area contributed by atoms with Gasteiger partial charge in [-0.2, -0.15) is 13.2 Å². The molecule has 204 valence electrons. The number of hydrogen-bond acceptors (Lipinski definition) is 5. The van der Waals surface area contributed by atoms with Crippen molar-refractivity contribution in [2.75, 3.05) is 0 Å². The predicted molar refractivity (Wildman–Crippen MR) is 146 cm³/mol. The fourth-order valence-corrected chi connectivity index (χ4v) is 5.15. The van der Waals surface area contributed by atoms with E-state index in [1.54, 1.807) is 38.1 Å². The third-order valence-electron chi connectivity index (χ3n) is 6.80. The Bertz CT molecular complexity index is 1390. The second-order valence-electron chi connectivity index (χ2n) is 10.2. The van der Waals surface area contributed by atoms with E-state index < -0.39 is 33.7 Å². The van der Waals surface area contributed by atoms with Gasteiger partial charge in [-0.15, -0.1) is 11.8 Å². The molecule has 0 atom stereocenters. The van der Waals surface area contributed by atoms with Gasteiger partial charge in [-0.05, 0) is 70.4 Å². The minimum Gasteiger partial charge on any atom is -0.455 e. The molecule has 0 amide bonds. The van der Waals surface area contributed by atoms with Gasteiger partial charge in [0.2, 0.25) is 0 Å². The lowest BCUT2D eigenvalue weighted by molar-refractivity contribution is -0.152. The maximum Gasteiger partial charge on any atom is 0.417 e. The molecule has 0 aliphatic carbocycles. The monoisotopic (exact) mass is 546 g/mol. The topological polar surface area (TPSA) is 56.5 Å². The number of ether oxygens (including phenoxy) is 1. The van der Waals surface area contributed by atoms with Crippen LogP contribution in [0.3, 0.4) is 0 Å². The lowest BCUT2D eigenvalue weighted by Gasteiger charge is -2.40. The molecule has 3 aromatic rings. The number of carbonyl (C=O) groups is 1. The van der Waals surface area contributed by atoms with E-state index in [1.807, 2.05) is 20.8 Å². The summed E-state index contributed by atoms with van der Waals surface area (Å²) in [5.41, 5.74) is -2.04. The van der Waals surface area contributed by atoms with E-state index in [0.717, 1.165) is 36.3 Å². The van der Waals surface area contributed by atoms with E-state index in [4.69, 9.17) is 9.15 Å². The van der Waals surface area contributed by atoms with Gasteiger partial charge in [0.15, 0.2) is 0 Å². The number of benzene rings is 2. The molecule has 1 aromatic heterocycles. The molecule has 0 radical (unpaired) electrons. The highest BCUT2D eigenvalue weighted by molar-refractivity contribution is 8.00. The summed E-state index contributed by atoms with van der Waals surface area (Å²) in [4.78, 5) is 25.4. The molecule has 0 unspecified atom stereocenters. The van der Waals surface area contributed by atoms with Crippen molar-refractivity contribution in [3.63, 3.8) is 0 Å². The van der Waals surface area contributed by atoms with E-state index in [-0.39, 0.29) is 16.7 Å². The van der Waals surface area contributed by atoms with Crippen LogP contribution in [-0.2, 0) is 22.1 Å². The van der Waals surface area contributed by atoms with Crippen LogP contribution in [0.25, 0.3) is 22.1 Å². The molecule has 0 fully saturated rings. The smallest absolute Gasteiger partial charge is 0.417 e. The zero-order valence-electron chi connectivity index (χ0n) is 22.3. The Kier molecular flexibility index (Phi) is 8.86. The van der Waals surface area contributed by atoms with Crippen LogP contribution >= 0.6 is 11.8 Å². The highest BCUT2D eigenvalue weighted by atomic mass is 32.2. The number of alkyl halides is 3. The molecule has 1 heterocycles. The molecule has 4 nitrogen and oxygen atoms in total. The van der Waals surface area contributed by atoms with Gasteiger partial charge in [-0.25, -0.2) is 9.59 Å². The van der Waals surface area contributed by atoms with Crippen molar-refractivity contribution in [1.29, 1.82) is 0 Å². The molecule has 0 bridgehead atoms. The van der Waals surface area contributed by atoms with Crippen molar-refractivity contribution in [3.05, 3.63) is 76.7 Å². The fourth-order valence-electron chi connectivity index (χ4n) is 3.97. The van der Waals surface area contributed by atoms with Crippen molar-refractivity contribution < 1.29 is 27.1 Å². The van der Waals surface area contributed by atoms with Gasteiger partial charge in [0.25, 0.3) is 0 Å². The van der Waals surface area contributed by atoms with Crippen LogP contribution in [0, 0.1) is 0 Å². The predicted octanol–water partition coefficient (Wildman–Crippen LogP) is 8.59. The molecular weight excluding hydrogens is 513 g/mol. The second-order valence-corrected chi connectivity index (χ2v) is 11.9. The Morgan fingerprint density at radius 2 is 1.74 bits per heavy atom. The van der Waals surface area contributed by atoms with Gasteiger partial charge in [-0.3, -0.25) is 0 Å². The van der Waals surface area contributed by atoms with Gasteiger partial charge in [-0.1, -0.05) is 44.5 Å². The summed E-state index contributed by atoms with van der Waals surface area (Å²) in [6.07, 6.45) is -0.256. The Morgan fingerprint density at radius 3 is 2.37 bits per heavy atom. The number of halogens is 3. The van der Waals surface area contributed by atoms with Gasteiger partial charge >= 0.3 is 17.8 Å². The highest BCUT2D eigenvalue weighted by Crippen LogP contribution is 2.43. The van der Waals surface area contributed by atoms with Gasteiger partial charge in [0.1, 0.15) is 11.2 Å². The van der Waals surface area contributed by atoms with Gasteiger partial charge < -0.3 is 9.15 Å². The summed E-state index contributed by atoms with van der Waals surface area (Å²) in [7, 11) is 0. The van der Waals surface area contributed by atoms with E-state index >= 15 is 0 Å². The third kappa shape index (κ3) is 6.70. The van der Waals surface area contributed by atoms with Crippen LogP contribution in [0.1, 0.15) is 65.0 Å². The molecule has 0 saturated heterocycles. The number of thioether (sulfide) groups is 1. The van der Waals surface area contributed by atoms with Gasteiger partial charge in [0.05, 0.1) is 15.9 Å². The molecule has 0 saturated carbocycles. The fraction of sp³-hybridized carbons (Fsp3) is 0.400. The maximum absolute atomic E-state index is 14.0. The molecular formula is C30H33F3O4S. The largest absolute Gasteiger partial charge is 0.455 e. The summed E-state index contributed by atoms with van der Waals surface area (Å²) in [5.74, 6) is -0.534. The Balaban J connectivity index is 1.98. The van der Waals surface area contributed by atoms with Crippen LogP contribution in [0.5, 0.6) is 0 Å². The molecule has 0 aliphatic heterocycles. The van der Waals surface area contributed by atoms with Crippen molar-refractivity contribution in [1.82, 2.24) is 0 Å². The maximum atomic E-state index is 14.0. The first kappa shape index (κ1) is 29.6. The van der Waals surface area contributed by atoms with Crippen molar-refractivity contribution in [3.8, 4) is 11.1 Å². The average molecular weight is 547 g/mol. The van der Waals surface area contributed by atoms with Crippen LogP contribution in [0.4, 0.5) is 13.2 Å². The minimum atomic E-state index is -4.62. The summed E-state index contributed by atoms with van der Waals surface area (Å²) in [6.45, 7) is 12.9. The minimum absolute atomic E-state index is 0.136. The van der Waals surface area contributed by atoms with Crippen LogP contribution < -0.4 is 5.63 Å². The third-order valence-corrected chi connectivity index (χ3v) is 8.29. The zero-order chi connectivity index (χ0) is 28.3. The Hall–Kier alpha value is -3.00. The number of aryl methyl sites for hydroxylation is 1. The van der Waals surface area contributed by atoms with E-state index in [2.05, 4.69) is 6.58 Å². The molecule has 0 aliphatic rings. The Labute approximate surface area is 225 Å². The van der Waals surface area contributed by atoms with Crippen LogP contribution in [-0.4, -0.2) is 16.3 Å². The first-order chi connectivity index (χ1) is 17.7. The molecule has 2 aromatic carbocycles. The molecule has 0 spiro atoms. The Morgan fingerprint density at radius 1 is 1.03 bits per heavy atom. The average Bonchev–Trinajstić information content (AvgIpc) is 2.82. The summed E-state index contributed by atoms with van der Waals surface area (Å²) < 4.78 is 52.4. The number of fused-ring (bicyclic) bond motifs is 1. The molecule has 38 heavy (non-hydrogen) atoms. The number of unbranched alkanes of at least 4 members (excludes halogenated alkanes) is 2. The number of hydrogen-bond donors (Lipinski definition) is 0. The molecule has 8 heteroatoms. The number of rotatable bonds is 10. The van der Waals surface area contributed by atoms with E-state index in [9.17, 15) is 22.8 Å². The number of carbonyl (C=O) groups excluding carboxylic acids is 1. The van der Waals surface area contributed by atoms with Crippen molar-refractivity contribution in [2.24, 2.45) is 0 Å². The second kappa shape index (κ2) is 11.4. The van der Waals surface area contributed by atoms with E-state index in [0.29, 0.717) is 17.4 Å². The first-order valence-corrected chi connectivity index (χ1v) is 13.3. The van der Waals surface area contributed by atoms with Crippen molar-refractivity contribution >= 4 is 28.7 Å². The van der Waals surface area contributed by atoms with Crippen LogP contribution in [0.15, 0.2) is 69.2 Å². The normalized spacial score (nSPS) is 12.5. The van der Waals surface area contributed by atoms with Crippen LogP contribution in [0.2, 0.25) is 0 Å².